The van der Waals surface area contributed by atoms with Crippen LogP contribution < -0.4 is 5.32 Å². The molecule has 0 saturated carbocycles. The smallest absolute Gasteiger partial charge is 0.146 e. The Bertz CT molecular complexity index is 498. The summed E-state index contributed by atoms with van der Waals surface area (Å²) in [4.78, 5) is 9.04. The van der Waals surface area contributed by atoms with Gasteiger partial charge in [-0.05, 0) is 19.5 Å². The Morgan fingerprint density at radius 3 is 2.94 bits per heavy atom. The second-order valence-electron chi connectivity index (χ2n) is 3.69. The first-order chi connectivity index (χ1) is 8.24. The Labute approximate surface area is 104 Å². The van der Waals surface area contributed by atoms with Gasteiger partial charge in [-0.3, -0.25) is 4.98 Å². The van der Waals surface area contributed by atoms with Crippen LogP contribution in [0.15, 0.2) is 24.0 Å². The van der Waals surface area contributed by atoms with Crippen molar-refractivity contribution in [2.45, 2.75) is 19.9 Å². The van der Waals surface area contributed by atoms with Crippen molar-refractivity contribution < 1.29 is 4.39 Å². The lowest BCUT2D eigenvalue weighted by atomic mass is 10.1. The molecular weight excluding hydrogens is 237 g/mol. The Kier molecular flexibility index (Phi) is 3.81. The van der Waals surface area contributed by atoms with Crippen molar-refractivity contribution in [3.05, 3.63) is 45.9 Å². The fourth-order valence-corrected chi connectivity index (χ4v) is 2.65. The van der Waals surface area contributed by atoms with Gasteiger partial charge in [0.15, 0.2) is 0 Å². The summed E-state index contributed by atoms with van der Waals surface area (Å²) in [6.45, 7) is 4.71. The number of nitrogens with zero attached hydrogens (tertiary/aromatic N) is 2. The van der Waals surface area contributed by atoms with Gasteiger partial charge in [-0.2, -0.15) is 0 Å². The molecule has 2 aromatic rings. The molecule has 1 N–H and O–H groups in total. The number of aromatic nitrogens is 2. The first-order valence-corrected chi connectivity index (χ1v) is 6.34. The van der Waals surface area contributed by atoms with E-state index in [-0.39, 0.29) is 11.9 Å². The van der Waals surface area contributed by atoms with E-state index in [0.717, 1.165) is 17.1 Å². The molecule has 0 saturated heterocycles. The third-order valence-electron chi connectivity index (χ3n) is 2.57. The fourth-order valence-electron chi connectivity index (χ4n) is 1.76. The first kappa shape index (κ1) is 12.1. The predicted molar refractivity (Wildman–Crippen MR) is 66.6 cm³/mol. The molecule has 0 amide bonds. The maximum absolute atomic E-state index is 13.8. The van der Waals surface area contributed by atoms with Gasteiger partial charge in [-0.15, -0.1) is 11.3 Å². The Morgan fingerprint density at radius 2 is 2.35 bits per heavy atom. The lowest BCUT2D eigenvalue weighted by molar-refractivity contribution is 0.557. The van der Waals surface area contributed by atoms with Gasteiger partial charge in [0.1, 0.15) is 5.82 Å². The van der Waals surface area contributed by atoms with Crippen LogP contribution in [-0.4, -0.2) is 16.5 Å². The van der Waals surface area contributed by atoms with E-state index in [9.17, 15) is 4.39 Å². The summed E-state index contributed by atoms with van der Waals surface area (Å²) >= 11 is 1.54. The molecule has 1 unspecified atom stereocenters. The van der Waals surface area contributed by atoms with Gasteiger partial charge in [0.2, 0.25) is 0 Å². The zero-order chi connectivity index (χ0) is 12.3. The van der Waals surface area contributed by atoms with Crippen LogP contribution in [0.1, 0.15) is 29.1 Å². The van der Waals surface area contributed by atoms with Gasteiger partial charge in [0.25, 0.3) is 0 Å². The van der Waals surface area contributed by atoms with Crippen molar-refractivity contribution in [3.8, 4) is 0 Å². The minimum atomic E-state index is -0.286. The number of hydrogen-bond donors (Lipinski definition) is 1. The SMILES string of the molecule is CCNC(c1ccncc1F)c1scnc1C. The molecule has 90 valence electrons. The van der Waals surface area contributed by atoms with Crippen LogP contribution in [0.25, 0.3) is 0 Å². The largest absolute Gasteiger partial charge is 0.306 e. The van der Waals surface area contributed by atoms with E-state index < -0.39 is 0 Å². The van der Waals surface area contributed by atoms with E-state index in [2.05, 4.69) is 15.3 Å². The van der Waals surface area contributed by atoms with Crippen molar-refractivity contribution in [1.82, 2.24) is 15.3 Å². The number of pyridine rings is 1. The van der Waals surface area contributed by atoms with Crippen LogP contribution in [0, 0.1) is 12.7 Å². The number of halogens is 1. The fraction of sp³-hybridized carbons (Fsp3) is 0.333. The Hall–Kier alpha value is -1.33. The van der Waals surface area contributed by atoms with Gasteiger partial charge in [-0.1, -0.05) is 6.92 Å². The topological polar surface area (TPSA) is 37.8 Å². The number of aryl methyl sites for hydroxylation is 1. The maximum atomic E-state index is 13.8. The predicted octanol–water partition coefficient (Wildman–Crippen LogP) is 2.68. The molecule has 5 heteroatoms. The Balaban J connectivity index is 2.43. The second kappa shape index (κ2) is 5.33. The molecule has 0 fully saturated rings. The molecule has 0 aromatic carbocycles. The normalized spacial score (nSPS) is 12.6. The molecule has 0 bridgehead atoms. The van der Waals surface area contributed by atoms with Crippen LogP contribution in [-0.2, 0) is 0 Å². The van der Waals surface area contributed by atoms with Crippen LogP contribution >= 0.6 is 11.3 Å². The molecule has 0 aliphatic carbocycles. The monoisotopic (exact) mass is 251 g/mol. The summed E-state index contributed by atoms with van der Waals surface area (Å²) in [5, 5.41) is 3.29. The average Bonchev–Trinajstić information content (AvgIpc) is 2.74. The summed E-state index contributed by atoms with van der Waals surface area (Å²) in [7, 11) is 0. The molecular formula is C12H14FN3S. The van der Waals surface area contributed by atoms with E-state index >= 15 is 0 Å². The highest BCUT2D eigenvalue weighted by molar-refractivity contribution is 7.09. The van der Waals surface area contributed by atoms with Crippen molar-refractivity contribution in [3.63, 3.8) is 0 Å². The average molecular weight is 251 g/mol. The standard InChI is InChI=1S/C12H14FN3S/c1-3-15-11(12-8(2)16-7-17-12)9-4-5-14-6-10(9)13/h4-7,11,15H,3H2,1-2H3. The minimum Gasteiger partial charge on any atom is -0.306 e. The molecule has 3 nitrogen and oxygen atoms in total. The lowest BCUT2D eigenvalue weighted by Crippen LogP contribution is -2.22. The van der Waals surface area contributed by atoms with Crippen LogP contribution in [0.3, 0.4) is 0 Å². The van der Waals surface area contributed by atoms with E-state index in [1.165, 1.54) is 6.20 Å². The number of nitrogens with one attached hydrogen (secondary N) is 1. The molecule has 0 aliphatic rings. The highest BCUT2D eigenvalue weighted by Gasteiger charge is 2.20. The summed E-state index contributed by atoms with van der Waals surface area (Å²) in [5.41, 5.74) is 3.35. The summed E-state index contributed by atoms with van der Waals surface area (Å²) in [6, 6.07) is 1.57. The first-order valence-electron chi connectivity index (χ1n) is 5.46. The maximum Gasteiger partial charge on any atom is 0.146 e. The highest BCUT2D eigenvalue weighted by Crippen LogP contribution is 2.28. The van der Waals surface area contributed by atoms with Crippen molar-refractivity contribution in [2.24, 2.45) is 0 Å². The van der Waals surface area contributed by atoms with Crippen LogP contribution in [0.4, 0.5) is 4.39 Å². The van der Waals surface area contributed by atoms with E-state index in [1.807, 2.05) is 13.8 Å². The van der Waals surface area contributed by atoms with E-state index in [1.54, 1.807) is 29.1 Å². The van der Waals surface area contributed by atoms with Crippen molar-refractivity contribution >= 4 is 11.3 Å². The third kappa shape index (κ3) is 2.50. The molecule has 0 spiro atoms. The molecule has 2 rings (SSSR count). The van der Waals surface area contributed by atoms with Crippen LogP contribution in [0.5, 0.6) is 0 Å². The second-order valence-corrected chi connectivity index (χ2v) is 4.58. The zero-order valence-electron chi connectivity index (χ0n) is 9.77. The molecule has 2 aromatic heterocycles. The molecule has 0 aliphatic heterocycles. The van der Waals surface area contributed by atoms with Crippen molar-refractivity contribution in [1.29, 1.82) is 0 Å². The zero-order valence-corrected chi connectivity index (χ0v) is 10.6. The summed E-state index contributed by atoms with van der Waals surface area (Å²) in [5.74, 6) is -0.286. The van der Waals surface area contributed by atoms with Gasteiger partial charge in [-0.25, -0.2) is 9.37 Å². The van der Waals surface area contributed by atoms with Crippen molar-refractivity contribution in [2.75, 3.05) is 6.54 Å². The van der Waals surface area contributed by atoms with E-state index in [0.29, 0.717) is 5.56 Å². The third-order valence-corrected chi connectivity index (χ3v) is 3.56. The van der Waals surface area contributed by atoms with Gasteiger partial charge < -0.3 is 5.32 Å². The quantitative estimate of drug-likeness (QED) is 0.908. The summed E-state index contributed by atoms with van der Waals surface area (Å²) in [6.07, 6.45) is 2.86. The molecule has 1 atom stereocenters. The highest BCUT2D eigenvalue weighted by atomic mass is 32.1. The molecule has 2 heterocycles. The number of thiazole rings is 1. The van der Waals surface area contributed by atoms with Gasteiger partial charge in [0, 0.05) is 16.6 Å². The van der Waals surface area contributed by atoms with E-state index in [4.69, 9.17) is 0 Å². The molecule has 17 heavy (non-hydrogen) atoms. The Morgan fingerprint density at radius 1 is 1.53 bits per heavy atom. The minimum absolute atomic E-state index is 0.143. The van der Waals surface area contributed by atoms with Crippen LogP contribution in [0.2, 0.25) is 0 Å². The molecule has 0 radical (unpaired) electrons. The summed E-state index contributed by atoms with van der Waals surface area (Å²) < 4.78 is 13.8. The van der Waals surface area contributed by atoms with Gasteiger partial charge in [0.05, 0.1) is 23.4 Å². The van der Waals surface area contributed by atoms with Gasteiger partial charge >= 0.3 is 0 Å². The lowest BCUT2D eigenvalue weighted by Gasteiger charge is -2.17. The number of hydrogen-bond acceptors (Lipinski definition) is 4. The number of rotatable bonds is 4.